The number of rotatable bonds is 5. The van der Waals surface area contributed by atoms with Crippen molar-refractivity contribution in [3.8, 4) is 0 Å². The monoisotopic (exact) mass is 265 g/mol. The van der Waals surface area contributed by atoms with Gasteiger partial charge in [0.2, 0.25) is 0 Å². The Balaban J connectivity index is 0.00000256. The molecule has 1 aliphatic carbocycles. The number of aliphatic hydroxyl groups is 1. The highest BCUT2D eigenvalue weighted by Crippen LogP contribution is 2.17. The van der Waals surface area contributed by atoms with Gasteiger partial charge in [-0.3, -0.25) is 0 Å². The maximum Gasteiger partial charge on any atom is 0.0898 e. The molecule has 1 saturated carbocycles. The van der Waals surface area contributed by atoms with Crippen molar-refractivity contribution in [2.24, 2.45) is 0 Å². The minimum absolute atomic E-state index is 0. The fourth-order valence-electron chi connectivity index (χ4n) is 2.01. The highest BCUT2D eigenvalue weighted by molar-refractivity contribution is 5.85. The van der Waals surface area contributed by atoms with E-state index in [9.17, 15) is 5.11 Å². The Labute approximate surface area is 112 Å². The van der Waals surface area contributed by atoms with E-state index in [4.69, 9.17) is 4.74 Å². The summed E-state index contributed by atoms with van der Waals surface area (Å²) in [7, 11) is 0. The van der Waals surface area contributed by atoms with Crippen LogP contribution >= 0.6 is 12.4 Å². The van der Waals surface area contributed by atoms with Gasteiger partial charge < -0.3 is 15.2 Å². The van der Waals surface area contributed by atoms with Crippen LogP contribution in [0.5, 0.6) is 0 Å². The molecule has 0 aromatic rings. The standard InChI is InChI=1S/C13H27NO2.ClH/c1-13(2,3)16-10-12(15)9-14-11-7-5-4-6-8-11;/h11-12,14-15H,4-10H2,1-3H3;1H. The molecule has 1 unspecified atom stereocenters. The van der Waals surface area contributed by atoms with Crippen molar-refractivity contribution in [2.75, 3.05) is 13.2 Å². The second kappa shape index (κ2) is 8.30. The van der Waals surface area contributed by atoms with E-state index in [0.717, 1.165) is 0 Å². The molecule has 4 heteroatoms. The van der Waals surface area contributed by atoms with Crippen molar-refractivity contribution in [3.63, 3.8) is 0 Å². The normalized spacial score (nSPS) is 19.8. The van der Waals surface area contributed by atoms with E-state index in [1.165, 1.54) is 32.1 Å². The Bertz CT molecular complexity index is 188. The van der Waals surface area contributed by atoms with E-state index in [1.54, 1.807) is 0 Å². The maximum absolute atomic E-state index is 9.76. The van der Waals surface area contributed by atoms with Gasteiger partial charge in [-0.2, -0.15) is 0 Å². The van der Waals surface area contributed by atoms with Crippen LogP contribution in [0.1, 0.15) is 52.9 Å². The van der Waals surface area contributed by atoms with E-state index in [2.05, 4.69) is 5.32 Å². The number of hydrogen-bond acceptors (Lipinski definition) is 3. The van der Waals surface area contributed by atoms with Crippen LogP contribution in [0.4, 0.5) is 0 Å². The molecule has 1 rings (SSSR count). The minimum Gasteiger partial charge on any atom is -0.389 e. The third-order valence-corrected chi connectivity index (χ3v) is 2.96. The Morgan fingerprint density at radius 1 is 1.24 bits per heavy atom. The zero-order valence-corrected chi connectivity index (χ0v) is 12.2. The number of nitrogens with one attached hydrogen (secondary N) is 1. The van der Waals surface area contributed by atoms with Gasteiger partial charge in [-0.15, -0.1) is 12.4 Å². The van der Waals surface area contributed by atoms with Crippen molar-refractivity contribution in [1.82, 2.24) is 5.32 Å². The van der Waals surface area contributed by atoms with Crippen molar-refractivity contribution in [2.45, 2.75) is 70.6 Å². The Kier molecular flexibility index (Phi) is 8.39. The first-order valence-corrected chi connectivity index (χ1v) is 6.53. The van der Waals surface area contributed by atoms with Crippen LogP contribution in [0.25, 0.3) is 0 Å². The average Bonchev–Trinajstić information content (AvgIpc) is 2.24. The van der Waals surface area contributed by atoms with Crippen LogP contribution in [0.15, 0.2) is 0 Å². The number of halogens is 1. The van der Waals surface area contributed by atoms with Gasteiger partial charge in [0, 0.05) is 12.6 Å². The molecule has 2 N–H and O–H groups in total. The molecule has 0 saturated heterocycles. The molecule has 0 aliphatic heterocycles. The molecule has 0 bridgehead atoms. The summed E-state index contributed by atoms with van der Waals surface area (Å²) in [6, 6.07) is 0.609. The molecular weight excluding hydrogens is 238 g/mol. The zero-order valence-electron chi connectivity index (χ0n) is 11.4. The van der Waals surface area contributed by atoms with Gasteiger partial charge >= 0.3 is 0 Å². The Hall–Kier alpha value is 0.170. The molecule has 1 fully saturated rings. The highest BCUT2D eigenvalue weighted by atomic mass is 35.5. The van der Waals surface area contributed by atoms with Gasteiger partial charge in [-0.05, 0) is 33.6 Å². The summed E-state index contributed by atoms with van der Waals surface area (Å²) in [4.78, 5) is 0. The molecule has 1 aliphatic rings. The van der Waals surface area contributed by atoms with Gasteiger partial charge in [0.25, 0.3) is 0 Å². The predicted octanol–water partition coefficient (Wildman–Crippen LogP) is 2.51. The fraction of sp³-hybridized carbons (Fsp3) is 1.00. The second-order valence-corrected chi connectivity index (χ2v) is 5.82. The summed E-state index contributed by atoms with van der Waals surface area (Å²) in [5, 5.41) is 13.2. The molecule has 104 valence electrons. The lowest BCUT2D eigenvalue weighted by Crippen LogP contribution is -2.39. The lowest BCUT2D eigenvalue weighted by Gasteiger charge is -2.26. The third kappa shape index (κ3) is 8.83. The summed E-state index contributed by atoms with van der Waals surface area (Å²) in [5.41, 5.74) is -0.161. The summed E-state index contributed by atoms with van der Waals surface area (Å²) >= 11 is 0. The molecule has 17 heavy (non-hydrogen) atoms. The zero-order chi connectivity index (χ0) is 12.0. The minimum atomic E-state index is -0.388. The Morgan fingerprint density at radius 2 is 1.82 bits per heavy atom. The van der Waals surface area contributed by atoms with Crippen LogP contribution in [-0.4, -0.2) is 36.0 Å². The molecular formula is C13H28ClNO2. The quantitative estimate of drug-likeness (QED) is 0.803. The summed E-state index contributed by atoms with van der Waals surface area (Å²) in [6.07, 6.45) is 6.15. The van der Waals surface area contributed by atoms with Crippen LogP contribution in [0, 0.1) is 0 Å². The number of ether oxygens (including phenoxy) is 1. The summed E-state index contributed by atoms with van der Waals surface area (Å²) < 4.78 is 5.54. The third-order valence-electron chi connectivity index (χ3n) is 2.96. The average molecular weight is 266 g/mol. The van der Waals surface area contributed by atoms with E-state index < -0.39 is 0 Å². The summed E-state index contributed by atoms with van der Waals surface area (Å²) in [6.45, 7) is 7.10. The molecule has 0 radical (unpaired) electrons. The SMILES string of the molecule is CC(C)(C)OCC(O)CNC1CCCCC1.Cl. The molecule has 3 nitrogen and oxygen atoms in total. The summed E-state index contributed by atoms with van der Waals surface area (Å²) in [5.74, 6) is 0. The van der Waals surface area contributed by atoms with Crippen LogP contribution in [-0.2, 0) is 4.74 Å². The van der Waals surface area contributed by atoms with Crippen molar-refractivity contribution in [3.05, 3.63) is 0 Å². The smallest absolute Gasteiger partial charge is 0.0898 e. The van der Waals surface area contributed by atoms with Gasteiger partial charge in [0.1, 0.15) is 0 Å². The lowest BCUT2D eigenvalue weighted by molar-refractivity contribution is -0.0485. The van der Waals surface area contributed by atoms with Crippen molar-refractivity contribution < 1.29 is 9.84 Å². The molecule has 0 heterocycles. The van der Waals surface area contributed by atoms with Gasteiger partial charge in [-0.25, -0.2) is 0 Å². The molecule has 0 amide bonds. The predicted molar refractivity (Wildman–Crippen MR) is 73.8 cm³/mol. The van der Waals surface area contributed by atoms with Gasteiger partial charge in [-0.1, -0.05) is 19.3 Å². The van der Waals surface area contributed by atoms with Crippen molar-refractivity contribution in [1.29, 1.82) is 0 Å². The van der Waals surface area contributed by atoms with E-state index in [1.807, 2.05) is 20.8 Å². The first-order valence-electron chi connectivity index (χ1n) is 6.53. The maximum atomic E-state index is 9.76. The van der Waals surface area contributed by atoms with E-state index >= 15 is 0 Å². The Morgan fingerprint density at radius 3 is 2.35 bits per heavy atom. The second-order valence-electron chi connectivity index (χ2n) is 5.82. The van der Waals surface area contributed by atoms with E-state index in [-0.39, 0.29) is 24.1 Å². The van der Waals surface area contributed by atoms with Gasteiger partial charge in [0.05, 0.1) is 18.3 Å². The topological polar surface area (TPSA) is 41.5 Å². The molecule has 1 atom stereocenters. The molecule has 0 spiro atoms. The number of aliphatic hydroxyl groups excluding tert-OH is 1. The molecule has 0 aromatic heterocycles. The van der Waals surface area contributed by atoms with Crippen LogP contribution in [0.3, 0.4) is 0 Å². The first-order chi connectivity index (χ1) is 7.47. The number of hydrogen-bond donors (Lipinski definition) is 2. The highest BCUT2D eigenvalue weighted by Gasteiger charge is 2.16. The van der Waals surface area contributed by atoms with Crippen LogP contribution in [0.2, 0.25) is 0 Å². The fourth-order valence-corrected chi connectivity index (χ4v) is 2.01. The largest absolute Gasteiger partial charge is 0.389 e. The first kappa shape index (κ1) is 17.2. The van der Waals surface area contributed by atoms with Crippen LogP contribution < -0.4 is 5.32 Å². The van der Waals surface area contributed by atoms with Gasteiger partial charge in [0.15, 0.2) is 0 Å². The lowest BCUT2D eigenvalue weighted by atomic mass is 9.95. The molecule has 0 aromatic carbocycles. The van der Waals surface area contributed by atoms with E-state index in [0.29, 0.717) is 19.2 Å². The van der Waals surface area contributed by atoms with Crippen molar-refractivity contribution >= 4 is 12.4 Å².